The van der Waals surface area contributed by atoms with Crippen LogP contribution < -0.4 is 21.7 Å². The number of piperidine rings is 1. The zero-order chi connectivity index (χ0) is 17.2. The maximum absolute atomic E-state index is 12.0. The van der Waals surface area contributed by atoms with Crippen molar-refractivity contribution in [1.82, 2.24) is 10.2 Å². The van der Waals surface area contributed by atoms with E-state index in [4.69, 9.17) is 5.73 Å². The molecule has 0 radical (unpaired) electrons. The van der Waals surface area contributed by atoms with Crippen molar-refractivity contribution in [2.45, 2.75) is 37.3 Å². The van der Waals surface area contributed by atoms with Gasteiger partial charge in [-0.05, 0) is 70.1 Å². The Balaban J connectivity index is 1.47. The Kier molecular flexibility index (Phi) is 4.73. The van der Waals surface area contributed by atoms with Gasteiger partial charge in [0.15, 0.2) is 0 Å². The van der Waals surface area contributed by atoms with E-state index in [2.05, 4.69) is 27.9 Å². The van der Waals surface area contributed by atoms with Crippen LogP contribution in [0.15, 0.2) is 24.3 Å². The summed E-state index contributed by atoms with van der Waals surface area (Å²) in [5.41, 5.74) is 6.53. The first kappa shape index (κ1) is 16.7. The molecule has 3 amide bonds. The molecule has 1 aliphatic carbocycles. The van der Waals surface area contributed by atoms with Gasteiger partial charge in [-0.25, -0.2) is 4.79 Å². The minimum absolute atomic E-state index is 0.150. The Morgan fingerprint density at radius 2 is 1.62 bits per heavy atom. The summed E-state index contributed by atoms with van der Waals surface area (Å²) in [5, 5.41) is 8.62. The molecule has 5 N–H and O–H groups in total. The van der Waals surface area contributed by atoms with Gasteiger partial charge in [0.05, 0.1) is 5.54 Å². The van der Waals surface area contributed by atoms with Crippen molar-refractivity contribution >= 4 is 23.3 Å². The quantitative estimate of drug-likeness (QED) is 0.669. The number of rotatable bonds is 4. The van der Waals surface area contributed by atoms with Gasteiger partial charge in [-0.3, -0.25) is 4.79 Å². The smallest absolute Gasteiger partial charge is 0.319 e. The Hall–Kier alpha value is -2.12. The molecule has 0 unspecified atom stereocenters. The van der Waals surface area contributed by atoms with Gasteiger partial charge in [0, 0.05) is 17.4 Å². The molecule has 1 aliphatic heterocycles. The molecule has 1 aromatic rings. The number of benzene rings is 1. The minimum atomic E-state index is -0.690. The van der Waals surface area contributed by atoms with E-state index in [-0.39, 0.29) is 18.0 Å². The molecule has 1 aromatic carbocycles. The second kappa shape index (κ2) is 6.78. The van der Waals surface area contributed by atoms with E-state index < -0.39 is 5.54 Å². The predicted molar refractivity (Wildman–Crippen MR) is 93.9 cm³/mol. The van der Waals surface area contributed by atoms with E-state index >= 15 is 0 Å². The van der Waals surface area contributed by atoms with Gasteiger partial charge in [-0.2, -0.15) is 0 Å². The molecule has 0 bridgehead atoms. The van der Waals surface area contributed by atoms with E-state index in [9.17, 15) is 9.59 Å². The number of carbonyl (C=O) groups excluding carboxylic acids is 2. The average Bonchev–Trinajstić information content (AvgIpc) is 3.31. The first-order chi connectivity index (χ1) is 11.4. The largest absolute Gasteiger partial charge is 0.335 e. The highest BCUT2D eigenvalue weighted by atomic mass is 16.2. The van der Waals surface area contributed by atoms with Gasteiger partial charge >= 0.3 is 6.03 Å². The van der Waals surface area contributed by atoms with Crippen molar-refractivity contribution in [3.63, 3.8) is 0 Å². The maximum atomic E-state index is 12.0. The molecule has 0 atom stereocenters. The van der Waals surface area contributed by atoms with E-state index in [0.717, 1.165) is 38.8 Å². The number of hydrogen-bond acceptors (Lipinski definition) is 4. The van der Waals surface area contributed by atoms with Gasteiger partial charge in [0.1, 0.15) is 0 Å². The minimum Gasteiger partial charge on any atom is -0.335 e. The molecule has 1 heterocycles. The normalized spacial score (nSPS) is 20.2. The van der Waals surface area contributed by atoms with Gasteiger partial charge in [0.25, 0.3) is 0 Å². The van der Waals surface area contributed by atoms with Crippen LogP contribution in [-0.2, 0) is 4.79 Å². The van der Waals surface area contributed by atoms with Crippen LogP contribution in [0.2, 0.25) is 0 Å². The molecule has 2 aliphatic rings. The molecular formula is C17H25N5O2. The van der Waals surface area contributed by atoms with Crippen LogP contribution in [0.1, 0.15) is 25.7 Å². The van der Waals surface area contributed by atoms with Crippen LogP contribution >= 0.6 is 0 Å². The number of nitrogens with one attached hydrogen (secondary N) is 3. The molecule has 0 aromatic heterocycles. The second-order valence-corrected chi connectivity index (χ2v) is 6.86. The number of amides is 3. The molecular weight excluding hydrogens is 306 g/mol. The molecule has 2 fully saturated rings. The lowest BCUT2D eigenvalue weighted by atomic mass is 10.1. The summed E-state index contributed by atoms with van der Waals surface area (Å²) in [6, 6.07) is 7.07. The zero-order valence-corrected chi connectivity index (χ0v) is 14.0. The average molecular weight is 331 g/mol. The number of hydrogen-bond donors (Lipinski definition) is 4. The van der Waals surface area contributed by atoms with Gasteiger partial charge in [-0.1, -0.05) is 0 Å². The van der Waals surface area contributed by atoms with Crippen molar-refractivity contribution in [2.75, 3.05) is 30.8 Å². The SMILES string of the molecule is CN1CCC(NC(=O)Nc2ccc(NC(=O)C3(N)CC3)cc2)CC1. The highest BCUT2D eigenvalue weighted by Gasteiger charge is 2.45. The van der Waals surface area contributed by atoms with E-state index in [0.29, 0.717) is 11.4 Å². The summed E-state index contributed by atoms with van der Waals surface area (Å²) in [7, 11) is 2.09. The Labute approximate surface area is 142 Å². The van der Waals surface area contributed by atoms with Crippen molar-refractivity contribution in [1.29, 1.82) is 0 Å². The lowest BCUT2D eigenvalue weighted by molar-refractivity contribution is -0.118. The maximum Gasteiger partial charge on any atom is 0.319 e. The summed E-state index contributed by atoms with van der Waals surface area (Å²) < 4.78 is 0. The Morgan fingerprint density at radius 3 is 2.17 bits per heavy atom. The lowest BCUT2D eigenvalue weighted by Gasteiger charge is -2.29. The first-order valence-corrected chi connectivity index (χ1v) is 8.41. The van der Waals surface area contributed by atoms with Crippen molar-refractivity contribution in [2.24, 2.45) is 5.73 Å². The van der Waals surface area contributed by atoms with Gasteiger partial charge < -0.3 is 26.6 Å². The fourth-order valence-corrected chi connectivity index (χ4v) is 2.76. The third-order valence-electron chi connectivity index (χ3n) is 4.70. The zero-order valence-electron chi connectivity index (χ0n) is 14.0. The van der Waals surface area contributed by atoms with Crippen LogP contribution in [0.25, 0.3) is 0 Å². The van der Waals surface area contributed by atoms with Crippen molar-refractivity contribution < 1.29 is 9.59 Å². The Morgan fingerprint density at radius 1 is 1.08 bits per heavy atom. The van der Waals surface area contributed by atoms with Crippen LogP contribution in [0.3, 0.4) is 0 Å². The Bertz CT molecular complexity index is 604. The molecule has 0 spiro atoms. The molecule has 1 saturated carbocycles. The molecule has 3 rings (SSSR count). The highest BCUT2D eigenvalue weighted by Crippen LogP contribution is 2.33. The summed E-state index contributed by atoms with van der Waals surface area (Å²) >= 11 is 0. The number of anilines is 2. The summed E-state index contributed by atoms with van der Waals surface area (Å²) in [4.78, 5) is 26.2. The fraction of sp³-hybridized carbons (Fsp3) is 0.529. The third-order valence-corrected chi connectivity index (χ3v) is 4.70. The number of likely N-dealkylation sites (tertiary alicyclic amines) is 1. The first-order valence-electron chi connectivity index (χ1n) is 8.41. The van der Waals surface area contributed by atoms with E-state index in [1.54, 1.807) is 24.3 Å². The van der Waals surface area contributed by atoms with Gasteiger partial charge in [0.2, 0.25) is 5.91 Å². The van der Waals surface area contributed by atoms with E-state index in [1.807, 2.05) is 0 Å². The van der Waals surface area contributed by atoms with Crippen LogP contribution in [0.5, 0.6) is 0 Å². The van der Waals surface area contributed by atoms with Crippen LogP contribution in [0.4, 0.5) is 16.2 Å². The number of carbonyl (C=O) groups is 2. The standard InChI is InChI=1S/C17H25N5O2/c1-22-10-6-14(7-11-22)21-16(24)20-13-4-2-12(3-5-13)19-15(23)17(18)8-9-17/h2-5,14H,6-11,18H2,1H3,(H,19,23)(H2,20,21,24). The van der Waals surface area contributed by atoms with E-state index in [1.165, 1.54) is 0 Å². The molecule has 24 heavy (non-hydrogen) atoms. The topological polar surface area (TPSA) is 99.5 Å². The molecule has 7 nitrogen and oxygen atoms in total. The monoisotopic (exact) mass is 331 g/mol. The summed E-state index contributed by atoms with van der Waals surface area (Å²) in [6.45, 7) is 2.00. The summed E-state index contributed by atoms with van der Waals surface area (Å²) in [5.74, 6) is -0.150. The van der Waals surface area contributed by atoms with Crippen molar-refractivity contribution in [3.05, 3.63) is 24.3 Å². The number of urea groups is 1. The molecule has 130 valence electrons. The third kappa shape index (κ3) is 4.24. The number of nitrogens with zero attached hydrogens (tertiary/aromatic N) is 1. The van der Waals surface area contributed by atoms with Crippen LogP contribution in [-0.4, -0.2) is 48.6 Å². The second-order valence-electron chi connectivity index (χ2n) is 6.86. The van der Waals surface area contributed by atoms with Gasteiger partial charge in [-0.15, -0.1) is 0 Å². The lowest BCUT2D eigenvalue weighted by Crippen LogP contribution is -2.44. The summed E-state index contributed by atoms with van der Waals surface area (Å²) in [6.07, 6.45) is 3.40. The molecule has 1 saturated heterocycles. The van der Waals surface area contributed by atoms with Crippen molar-refractivity contribution in [3.8, 4) is 0 Å². The molecule has 7 heteroatoms. The predicted octanol–water partition coefficient (Wildman–Crippen LogP) is 1.33. The number of nitrogens with two attached hydrogens (primary N) is 1. The van der Waals surface area contributed by atoms with Crippen LogP contribution in [0, 0.1) is 0 Å². The highest BCUT2D eigenvalue weighted by molar-refractivity contribution is 6.00. The fourth-order valence-electron chi connectivity index (χ4n) is 2.76.